The minimum Gasteiger partial charge on any atom is -0.480 e. The summed E-state index contributed by atoms with van der Waals surface area (Å²) in [7, 11) is 0. The number of amides is 4. The summed E-state index contributed by atoms with van der Waals surface area (Å²) in [5.41, 5.74) is 13.6. The number of aliphatic carboxylic acids is 1. The molecule has 4 amide bonds. The van der Waals surface area contributed by atoms with E-state index in [9.17, 15) is 38.7 Å². The van der Waals surface area contributed by atoms with E-state index in [2.05, 4.69) is 20.9 Å². The molecular weight excluding hydrogens is 824 g/mol. The van der Waals surface area contributed by atoms with Crippen molar-refractivity contribution in [1.29, 1.82) is 0 Å². The van der Waals surface area contributed by atoms with Crippen LogP contribution in [0.25, 0.3) is 22.1 Å². The van der Waals surface area contributed by atoms with Crippen LogP contribution in [0.2, 0.25) is 0 Å². The molecule has 61 heavy (non-hydrogen) atoms. The number of hydrogen-bond acceptors (Lipinski definition) is 13. The molecule has 21 nitrogen and oxygen atoms in total. The molecule has 3 aromatic rings. The van der Waals surface area contributed by atoms with Crippen LogP contribution in [-0.2, 0) is 43.0 Å². The maximum atomic E-state index is 13.1. The van der Waals surface area contributed by atoms with Gasteiger partial charge in [0.05, 0.1) is 37.4 Å². The topological polar surface area (TPSA) is 316 Å². The molecule has 0 aliphatic carbocycles. The molecule has 1 aromatic heterocycles. The lowest BCUT2D eigenvalue weighted by molar-refractivity contribution is -0.151. The highest BCUT2D eigenvalue weighted by Gasteiger charge is 2.29. The third-order valence-electron chi connectivity index (χ3n) is 8.97. The van der Waals surface area contributed by atoms with Gasteiger partial charge in [-0.3, -0.25) is 33.8 Å². The zero-order valence-corrected chi connectivity index (χ0v) is 33.7. The highest BCUT2D eigenvalue weighted by molar-refractivity contribution is 6.63. The van der Waals surface area contributed by atoms with Crippen molar-refractivity contribution in [3.8, 4) is 16.9 Å². The average Bonchev–Trinajstić information content (AvgIpc) is 3.24. The Kier molecular flexibility index (Phi) is 18.4. The smallest absolute Gasteiger partial charge is 0.371 e. The quantitative estimate of drug-likeness (QED) is 0.0107. The largest absolute Gasteiger partial charge is 0.480 e. The average molecular weight is 872 g/mol. The van der Waals surface area contributed by atoms with Gasteiger partial charge in [0.25, 0.3) is 0 Å². The van der Waals surface area contributed by atoms with Crippen molar-refractivity contribution in [2.45, 2.75) is 50.2 Å². The summed E-state index contributed by atoms with van der Waals surface area (Å²) in [5, 5.41) is 26.8. The zero-order chi connectivity index (χ0) is 44.3. The van der Waals surface area contributed by atoms with Gasteiger partial charge in [-0.25, -0.2) is 4.79 Å². The summed E-state index contributed by atoms with van der Waals surface area (Å²) in [6, 6.07) is 12.4. The first-order valence-corrected chi connectivity index (χ1v) is 19.4. The molecule has 2 aromatic carbocycles. The van der Waals surface area contributed by atoms with Crippen molar-refractivity contribution in [3.63, 3.8) is 0 Å². The van der Waals surface area contributed by atoms with Crippen molar-refractivity contribution >= 4 is 69.3 Å². The summed E-state index contributed by atoms with van der Waals surface area (Å²) < 4.78 is 25.2. The molecule has 2 heterocycles. The Bertz CT molecular complexity index is 2150. The monoisotopic (exact) mass is 871 g/mol. The van der Waals surface area contributed by atoms with Crippen molar-refractivity contribution in [2.75, 3.05) is 52.8 Å². The molecule has 3 atom stereocenters. The number of hydrogen-bond donors (Lipinski definition) is 8. The van der Waals surface area contributed by atoms with E-state index in [1.165, 1.54) is 0 Å². The number of fused-ring (bicyclic) bond motifs is 1. The number of carbonyl (C=O) groups excluding carboxylic acids is 6. The van der Waals surface area contributed by atoms with Crippen molar-refractivity contribution in [2.24, 2.45) is 16.5 Å². The predicted octanol–water partition coefficient (Wildman–Crippen LogP) is -1.58. The van der Waals surface area contributed by atoms with Crippen LogP contribution in [0.1, 0.15) is 32.1 Å². The molecular formula is C39H48ClN8O13+. The highest BCUT2D eigenvalue weighted by atomic mass is 35.5. The van der Waals surface area contributed by atoms with Gasteiger partial charge >= 0.3 is 17.5 Å². The van der Waals surface area contributed by atoms with Gasteiger partial charge in [-0.05, 0) is 36.1 Å². The third kappa shape index (κ3) is 15.2. The molecule has 10 N–H and O–H groups in total. The number of aliphatic hydroxyl groups is 1. The summed E-state index contributed by atoms with van der Waals surface area (Å²) in [6.45, 7) is 0.100. The molecule has 1 aliphatic heterocycles. The fourth-order valence-corrected chi connectivity index (χ4v) is 6.07. The molecule has 4 rings (SSSR count). The molecule has 328 valence electrons. The number of ether oxygens (including phenoxy) is 3. The number of para-hydroxylation sites is 1. The van der Waals surface area contributed by atoms with Crippen LogP contribution in [-0.4, -0.2) is 128 Å². The first kappa shape index (κ1) is 47.1. The Morgan fingerprint density at radius 2 is 1.61 bits per heavy atom. The Hall–Kier alpha value is -6.58. The fourth-order valence-electron chi connectivity index (χ4n) is 5.92. The number of nitrogens with zero attached hydrogens (tertiary/aromatic N) is 2. The second-order valence-electron chi connectivity index (χ2n) is 13.4. The van der Waals surface area contributed by atoms with Gasteiger partial charge < -0.3 is 61.6 Å². The van der Waals surface area contributed by atoms with Gasteiger partial charge in [-0.1, -0.05) is 42.5 Å². The van der Waals surface area contributed by atoms with Crippen LogP contribution < -0.4 is 47.6 Å². The van der Waals surface area contributed by atoms with Crippen LogP contribution in [0.3, 0.4) is 0 Å². The van der Waals surface area contributed by atoms with E-state index in [0.29, 0.717) is 48.6 Å². The number of aliphatic hydroxyl groups excluding tert-OH is 1. The number of guanidine groups is 1. The van der Waals surface area contributed by atoms with Gasteiger partial charge in [-0.2, -0.15) is 4.58 Å². The lowest BCUT2D eigenvalue weighted by Crippen LogP contribution is -2.55. The number of benzene rings is 2. The molecule has 0 radical (unpaired) electrons. The lowest BCUT2D eigenvalue weighted by atomic mass is 10.0. The molecule has 3 unspecified atom stereocenters. The number of halogens is 1. The van der Waals surface area contributed by atoms with E-state index in [1.54, 1.807) is 6.07 Å². The van der Waals surface area contributed by atoms with E-state index in [0.717, 1.165) is 11.1 Å². The number of nitrogens with one attached hydrogen (secondary N) is 4. The van der Waals surface area contributed by atoms with E-state index >= 15 is 0 Å². The molecule has 0 bridgehead atoms. The predicted molar refractivity (Wildman–Crippen MR) is 217 cm³/mol. The van der Waals surface area contributed by atoms with Crippen LogP contribution in [0.15, 0.2) is 64.0 Å². The minimum atomic E-state index is -1.73. The summed E-state index contributed by atoms with van der Waals surface area (Å²) in [5.74, 6) is -5.81. The van der Waals surface area contributed by atoms with Crippen LogP contribution in [0.4, 0.5) is 0 Å². The third-order valence-corrected chi connectivity index (χ3v) is 9.13. The molecule has 22 heteroatoms. The Balaban J connectivity index is 1.35. The van der Waals surface area contributed by atoms with Crippen LogP contribution >= 0.6 is 11.6 Å². The fraction of sp³-hybridized carbons (Fsp3) is 0.410. The summed E-state index contributed by atoms with van der Waals surface area (Å²) >= 11 is 5.38. The number of esters is 1. The number of morpholine rings is 1. The molecule has 1 fully saturated rings. The zero-order valence-electron chi connectivity index (χ0n) is 32.9. The first-order chi connectivity index (χ1) is 29.2. The molecule has 0 spiro atoms. The number of carboxylic acid groups (broad SMARTS) is 1. The number of rotatable bonds is 22. The molecule has 0 saturated carbocycles. The standard InChI is InChI=1S/C39H47ClN8O13/c40-30(50)18-27(37(55)47-28(21-49)38(56)57)46-32(52)20-44-36(54)26(10-5-13-43-39(41)42)45-31(51)11-12-34(53)60-22-59-29-19-33(48-14-16-58-17-15-48)61-35-24(8-4-9-25(29)35)23-6-2-1-3-7-23/h1-4,6-9,19,26-28,49H,5,10-18,20-22H2,(H8-,41,42,43,44,45,46,47,51,52,54,55,56,57)/p+1. The van der Waals surface area contributed by atoms with Crippen LogP contribution in [0, 0.1) is 0 Å². The second-order valence-corrected chi connectivity index (χ2v) is 13.8. The number of aliphatic imine (C=N–C) groups is 1. The Morgan fingerprint density at radius 3 is 2.28 bits per heavy atom. The van der Waals surface area contributed by atoms with Gasteiger partial charge in [0.2, 0.25) is 35.7 Å². The van der Waals surface area contributed by atoms with E-state index in [1.807, 2.05) is 58.4 Å². The van der Waals surface area contributed by atoms with Gasteiger partial charge in [-0.15, -0.1) is 0 Å². The van der Waals surface area contributed by atoms with Crippen LogP contribution in [0.5, 0.6) is 5.75 Å². The van der Waals surface area contributed by atoms with E-state index in [4.69, 9.17) is 46.8 Å². The Morgan fingerprint density at radius 1 is 0.885 bits per heavy atom. The van der Waals surface area contributed by atoms with Crippen molar-refractivity contribution in [3.05, 3.63) is 60.2 Å². The SMILES string of the molecule is NC(N)=NCCCC(NC(=O)CCC(=O)OCOc1cc(=[N+]2CCOCC2)oc2c(-c3ccccc3)cccc12)C(=O)NCC(=O)NC(CC(=O)Cl)C(=O)NC(CO)C(=O)O. The summed E-state index contributed by atoms with van der Waals surface area (Å²) in [4.78, 5) is 90.6. The summed E-state index contributed by atoms with van der Waals surface area (Å²) in [6.07, 6.45) is -1.32. The minimum absolute atomic E-state index is 0.00643. The second kappa shape index (κ2) is 23.9. The van der Waals surface area contributed by atoms with E-state index < -0.39 is 85.3 Å². The lowest BCUT2D eigenvalue weighted by Gasteiger charge is -2.21. The number of carbonyl (C=O) groups is 7. The molecule has 1 saturated heterocycles. The maximum Gasteiger partial charge on any atom is 0.371 e. The van der Waals surface area contributed by atoms with E-state index in [-0.39, 0.29) is 38.2 Å². The van der Waals surface area contributed by atoms with Gasteiger partial charge in [0, 0.05) is 18.5 Å². The van der Waals surface area contributed by atoms with Gasteiger partial charge in [0.1, 0.15) is 37.1 Å². The number of carboxylic acids is 1. The normalized spacial score (nSPS) is 13.8. The maximum absolute atomic E-state index is 13.1. The Labute approximate surface area is 353 Å². The van der Waals surface area contributed by atoms with Crippen molar-refractivity contribution < 1.29 is 62.4 Å². The number of nitrogens with two attached hydrogens (primary N) is 2. The van der Waals surface area contributed by atoms with Gasteiger partial charge in [0.15, 0.2) is 24.6 Å². The molecule has 1 aliphatic rings. The van der Waals surface area contributed by atoms with Crippen molar-refractivity contribution in [1.82, 2.24) is 25.8 Å². The first-order valence-electron chi connectivity index (χ1n) is 19.1. The highest BCUT2D eigenvalue weighted by Crippen LogP contribution is 2.32.